The Labute approximate surface area is 295 Å². The Hall–Kier alpha value is -6.82. The minimum atomic E-state index is -0.590. The first kappa shape index (κ1) is 32.4. The number of benzene rings is 1. The van der Waals surface area contributed by atoms with Crippen molar-refractivity contribution in [1.29, 1.82) is 0 Å². The van der Waals surface area contributed by atoms with Crippen molar-refractivity contribution >= 4 is 51.1 Å². The minimum Gasteiger partial charge on any atom is -0.474 e. The summed E-state index contributed by atoms with van der Waals surface area (Å²) in [7, 11) is 3.50. The summed E-state index contributed by atoms with van der Waals surface area (Å²) < 4.78 is 15.1. The zero-order valence-electron chi connectivity index (χ0n) is 28.4. The monoisotopic (exact) mass is 697 g/mol. The second-order valence-electron chi connectivity index (χ2n) is 12.6. The van der Waals surface area contributed by atoms with E-state index < -0.39 is 17.7 Å². The highest BCUT2D eigenvalue weighted by Crippen LogP contribution is 2.37. The molecule has 5 aromatic heterocycles. The molecule has 3 amide bonds. The number of imide groups is 1. The van der Waals surface area contributed by atoms with Crippen LogP contribution in [0.1, 0.15) is 46.3 Å². The van der Waals surface area contributed by atoms with Gasteiger partial charge < -0.3 is 19.4 Å². The zero-order chi connectivity index (χ0) is 36.1. The Morgan fingerprint density at radius 3 is 2.71 bits per heavy atom. The molecular weight excluding hydrogens is 666 g/mol. The van der Waals surface area contributed by atoms with Gasteiger partial charge in [0, 0.05) is 55.6 Å². The fourth-order valence-corrected chi connectivity index (χ4v) is 6.60. The number of ether oxygens (including phenoxy) is 1. The molecule has 1 fully saturated rings. The van der Waals surface area contributed by atoms with Crippen LogP contribution in [0.5, 0.6) is 5.88 Å². The highest BCUT2D eigenvalue weighted by molar-refractivity contribution is 6.02. The number of piperidine rings is 1. The van der Waals surface area contributed by atoms with Gasteiger partial charge in [0.25, 0.3) is 5.91 Å². The van der Waals surface area contributed by atoms with E-state index in [1.165, 1.54) is 0 Å². The highest BCUT2D eigenvalue weighted by Gasteiger charge is 2.31. The number of nitrogens with zero attached hydrogens (tertiary/aromatic N) is 7. The number of aromatic nitrogens is 6. The molecule has 1 aromatic carbocycles. The Balaban J connectivity index is 0.947. The lowest BCUT2D eigenvalue weighted by Gasteiger charge is -2.30. The van der Waals surface area contributed by atoms with Crippen LogP contribution in [-0.2, 0) is 23.7 Å². The van der Waals surface area contributed by atoms with Gasteiger partial charge in [-0.3, -0.25) is 38.8 Å². The SMILES string of the molecule is Cc1cc(-c2ncc3c(n2)OCCN3c2ccc3c(c2)n(C)c(=O)n3C)cnc1C(=O)NCC#Cc1cc2ccnc(C3CCC(=O)NC3=O)c2o1. The van der Waals surface area contributed by atoms with Gasteiger partial charge in [0.05, 0.1) is 41.9 Å². The summed E-state index contributed by atoms with van der Waals surface area (Å²) in [6.07, 6.45) is 5.42. The first-order valence-electron chi connectivity index (χ1n) is 16.6. The van der Waals surface area contributed by atoms with E-state index in [1.807, 2.05) is 18.2 Å². The van der Waals surface area contributed by atoms with Gasteiger partial charge >= 0.3 is 5.69 Å². The summed E-state index contributed by atoms with van der Waals surface area (Å²) in [6.45, 7) is 2.80. The third-order valence-electron chi connectivity index (χ3n) is 9.28. The highest BCUT2D eigenvalue weighted by atomic mass is 16.5. The molecule has 0 spiro atoms. The Bertz CT molecular complexity index is 2590. The molecule has 52 heavy (non-hydrogen) atoms. The molecule has 0 aliphatic carbocycles. The molecule has 2 N–H and O–H groups in total. The van der Waals surface area contributed by atoms with Crippen LogP contribution in [0.2, 0.25) is 0 Å². The van der Waals surface area contributed by atoms with Gasteiger partial charge in [-0.05, 0) is 55.2 Å². The number of carbonyl (C=O) groups is 3. The number of nitrogens with one attached hydrogen (secondary N) is 2. The van der Waals surface area contributed by atoms with Gasteiger partial charge in [0.1, 0.15) is 18.0 Å². The molecule has 7 heterocycles. The van der Waals surface area contributed by atoms with Crippen LogP contribution < -0.4 is 26.0 Å². The first-order chi connectivity index (χ1) is 25.2. The van der Waals surface area contributed by atoms with Crippen LogP contribution >= 0.6 is 0 Å². The summed E-state index contributed by atoms with van der Waals surface area (Å²) in [4.78, 5) is 69.5. The maximum Gasteiger partial charge on any atom is 0.328 e. The lowest BCUT2D eigenvalue weighted by molar-refractivity contribution is -0.134. The summed E-state index contributed by atoms with van der Waals surface area (Å²) in [6, 6.07) is 11.2. The van der Waals surface area contributed by atoms with E-state index in [0.717, 1.165) is 22.1 Å². The van der Waals surface area contributed by atoms with Crippen LogP contribution in [0, 0.1) is 18.8 Å². The quantitative estimate of drug-likeness (QED) is 0.200. The van der Waals surface area contributed by atoms with Crippen LogP contribution in [0.4, 0.5) is 11.4 Å². The topological polar surface area (TPSA) is 179 Å². The van der Waals surface area contributed by atoms with Crippen molar-refractivity contribution in [2.24, 2.45) is 14.1 Å². The van der Waals surface area contributed by atoms with Crippen molar-refractivity contribution in [3.8, 4) is 29.1 Å². The van der Waals surface area contributed by atoms with Gasteiger partial charge in [-0.25, -0.2) is 9.78 Å². The fourth-order valence-electron chi connectivity index (χ4n) is 6.60. The standard InChI is InChI=1S/C37H31N9O6/c1-20-15-22(33-41-19-28-36(43-33)51-14-13-46(28)23-6-8-26-27(17-23)45(3)37(50)44(26)2)18-40-30(20)35(49)39-11-4-5-24-16-21-10-12-38-31(32(21)52-24)25-7-9-29(47)42-34(25)48/h6,8,10,12,15-19,25H,7,9,11,13-14H2,1-3H3,(H,39,49)(H,42,47,48). The molecule has 6 aromatic rings. The minimum absolute atomic E-state index is 0.0340. The van der Waals surface area contributed by atoms with Crippen molar-refractivity contribution in [2.75, 3.05) is 24.6 Å². The van der Waals surface area contributed by atoms with Crippen LogP contribution in [-0.4, -0.2) is 66.5 Å². The molecule has 1 unspecified atom stereocenters. The molecule has 8 rings (SSSR count). The molecule has 2 aliphatic heterocycles. The number of furan rings is 1. The second-order valence-corrected chi connectivity index (χ2v) is 12.6. The van der Waals surface area contributed by atoms with E-state index in [0.29, 0.717) is 65.1 Å². The smallest absolute Gasteiger partial charge is 0.328 e. The Morgan fingerprint density at radius 1 is 1.04 bits per heavy atom. The molecule has 0 saturated carbocycles. The van der Waals surface area contributed by atoms with E-state index >= 15 is 0 Å². The average Bonchev–Trinajstić information content (AvgIpc) is 3.66. The van der Waals surface area contributed by atoms with Crippen molar-refractivity contribution in [3.63, 3.8) is 0 Å². The van der Waals surface area contributed by atoms with Crippen molar-refractivity contribution < 1.29 is 23.5 Å². The summed E-state index contributed by atoms with van der Waals surface area (Å²) in [5.74, 6) is 5.28. The largest absolute Gasteiger partial charge is 0.474 e. The van der Waals surface area contributed by atoms with Crippen molar-refractivity contribution in [3.05, 3.63) is 88.2 Å². The van der Waals surface area contributed by atoms with E-state index in [-0.39, 0.29) is 30.3 Å². The average molecular weight is 698 g/mol. The van der Waals surface area contributed by atoms with E-state index in [2.05, 4.69) is 47.3 Å². The van der Waals surface area contributed by atoms with E-state index in [4.69, 9.17) is 9.15 Å². The molecular formula is C37H31N9O6. The molecule has 0 bridgehead atoms. The maximum absolute atomic E-state index is 13.0. The molecule has 1 saturated heterocycles. The second kappa shape index (κ2) is 12.8. The predicted molar refractivity (Wildman–Crippen MR) is 189 cm³/mol. The first-order valence-corrected chi connectivity index (χ1v) is 16.6. The van der Waals surface area contributed by atoms with Gasteiger partial charge in [0.2, 0.25) is 17.7 Å². The molecule has 1 atom stereocenters. The normalized spacial score (nSPS) is 15.5. The Morgan fingerprint density at radius 2 is 1.88 bits per heavy atom. The zero-order valence-corrected chi connectivity index (χ0v) is 28.4. The number of aryl methyl sites for hydroxylation is 3. The summed E-state index contributed by atoms with van der Waals surface area (Å²) in [5, 5.41) is 5.85. The molecule has 15 heteroatoms. The Kier molecular flexibility index (Phi) is 7.98. The lowest BCUT2D eigenvalue weighted by Crippen LogP contribution is -2.39. The van der Waals surface area contributed by atoms with Crippen molar-refractivity contribution in [1.82, 2.24) is 39.7 Å². The number of carbonyl (C=O) groups excluding carboxylic acids is 3. The van der Waals surface area contributed by atoms with Crippen LogP contribution in [0.15, 0.2) is 64.2 Å². The number of anilines is 2. The van der Waals surface area contributed by atoms with Gasteiger partial charge in [-0.1, -0.05) is 5.92 Å². The number of fused-ring (bicyclic) bond motifs is 3. The number of rotatable bonds is 5. The fraction of sp³-hybridized carbons (Fsp3) is 0.243. The number of imidazole rings is 1. The van der Waals surface area contributed by atoms with E-state index in [9.17, 15) is 19.2 Å². The van der Waals surface area contributed by atoms with Gasteiger partial charge in [0.15, 0.2) is 17.2 Å². The van der Waals surface area contributed by atoms with E-state index in [1.54, 1.807) is 66.9 Å². The van der Waals surface area contributed by atoms with Gasteiger partial charge in [-0.15, -0.1) is 0 Å². The lowest BCUT2D eigenvalue weighted by atomic mass is 9.93. The number of pyridine rings is 2. The van der Waals surface area contributed by atoms with Crippen LogP contribution in [0.25, 0.3) is 33.4 Å². The number of hydrogen-bond acceptors (Lipinski definition) is 11. The molecule has 15 nitrogen and oxygen atoms in total. The third kappa shape index (κ3) is 5.69. The number of amides is 3. The third-order valence-corrected chi connectivity index (χ3v) is 9.28. The maximum atomic E-state index is 13.0. The summed E-state index contributed by atoms with van der Waals surface area (Å²) in [5.41, 5.74) is 5.54. The number of hydrogen-bond donors (Lipinski definition) is 2. The van der Waals surface area contributed by atoms with Crippen molar-refractivity contribution in [2.45, 2.75) is 25.7 Å². The summed E-state index contributed by atoms with van der Waals surface area (Å²) >= 11 is 0. The molecule has 260 valence electrons. The van der Waals surface area contributed by atoms with Crippen LogP contribution in [0.3, 0.4) is 0 Å². The van der Waals surface area contributed by atoms with Gasteiger partial charge in [-0.2, -0.15) is 4.98 Å². The molecule has 2 aliphatic rings. The molecule has 0 radical (unpaired) electrons. The predicted octanol–water partition coefficient (Wildman–Crippen LogP) is 3.01.